The van der Waals surface area contributed by atoms with E-state index in [1.165, 1.54) is 0 Å². The quantitative estimate of drug-likeness (QED) is 0.889. The zero-order valence-electron chi connectivity index (χ0n) is 11.5. The van der Waals surface area contributed by atoms with Crippen molar-refractivity contribution in [2.24, 2.45) is 0 Å². The molecule has 0 saturated carbocycles. The number of aliphatic hydroxyl groups excluding tert-OH is 1. The maximum atomic E-state index is 9.14. The molecule has 0 spiro atoms. The van der Waals surface area contributed by atoms with Crippen molar-refractivity contribution < 1.29 is 14.6 Å². The van der Waals surface area contributed by atoms with Gasteiger partial charge in [-0.15, -0.1) is 0 Å². The highest BCUT2D eigenvalue weighted by Crippen LogP contribution is 2.36. The molecular formula is C14H17ClN2O3. The fourth-order valence-corrected chi connectivity index (χ4v) is 2.18. The summed E-state index contributed by atoms with van der Waals surface area (Å²) in [4.78, 5) is 4.15. The van der Waals surface area contributed by atoms with Crippen LogP contribution in [0.3, 0.4) is 0 Å². The third kappa shape index (κ3) is 3.23. The van der Waals surface area contributed by atoms with Gasteiger partial charge in [-0.3, -0.25) is 0 Å². The Morgan fingerprint density at radius 1 is 1.40 bits per heavy atom. The summed E-state index contributed by atoms with van der Waals surface area (Å²) in [6, 6.07) is 3.38. The third-order valence-corrected chi connectivity index (χ3v) is 3.25. The monoisotopic (exact) mass is 296 g/mol. The van der Waals surface area contributed by atoms with Crippen LogP contribution in [0.2, 0.25) is 5.02 Å². The number of rotatable bonds is 6. The van der Waals surface area contributed by atoms with E-state index in [9.17, 15) is 0 Å². The number of aromatic nitrogens is 2. The third-order valence-electron chi connectivity index (χ3n) is 2.97. The van der Waals surface area contributed by atoms with Crippen LogP contribution in [0.25, 0.3) is 0 Å². The molecule has 0 atom stereocenters. The standard InChI is InChI=1S/C14H17ClN2O3/c1-10-16-3-4-17(10)5-6-20-14-12(15)7-11(9-18)8-13(14)19-2/h3-4,7-8,18H,5-6,9H2,1-2H3. The number of ether oxygens (including phenoxy) is 2. The maximum Gasteiger partial charge on any atom is 0.179 e. The molecule has 20 heavy (non-hydrogen) atoms. The number of imidazole rings is 1. The van der Waals surface area contributed by atoms with E-state index in [0.717, 1.165) is 5.82 Å². The Balaban J connectivity index is 2.07. The summed E-state index contributed by atoms with van der Waals surface area (Å²) in [5.74, 6) is 1.94. The van der Waals surface area contributed by atoms with Crippen molar-refractivity contribution in [2.75, 3.05) is 13.7 Å². The van der Waals surface area contributed by atoms with E-state index in [1.807, 2.05) is 17.7 Å². The molecule has 6 heteroatoms. The number of aliphatic hydroxyl groups is 1. The van der Waals surface area contributed by atoms with E-state index in [2.05, 4.69) is 4.98 Å². The highest BCUT2D eigenvalue weighted by molar-refractivity contribution is 6.32. The summed E-state index contributed by atoms with van der Waals surface area (Å²) in [5, 5.41) is 9.57. The van der Waals surface area contributed by atoms with Crippen LogP contribution in [0.4, 0.5) is 0 Å². The van der Waals surface area contributed by atoms with Crippen molar-refractivity contribution in [3.63, 3.8) is 0 Å². The Kier molecular flexibility index (Phi) is 4.87. The molecule has 0 bridgehead atoms. The first-order valence-corrected chi connectivity index (χ1v) is 6.61. The van der Waals surface area contributed by atoms with Gasteiger partial charge < -0.3 is 19.1 Å². The number of benzene rings is 1. The van der Waals surface area contributed by atoms with Gasteiger partial charge in [0.05, 0.1) is 25.3 Å². The molecule has 0 radical (unpaired) electrons. The van der Waals surface area contributed by atoms with Gasteiger partial charge in [0.2, 0.25) is 0 Å². The minimum atomic E-state index is -0.0927. The Bertz CT molecular complexity index is 584. The lowest BCUT2D eigenvalue weighted by Crippen LogP contribution is -2.09. The first-order chi connectivity index (χ1) is 9.65. The van der Waals surface area contributed by atoms with Crippen molar-refractivity contribution in [2.45, 2.75) is 20.1 Å². The molecule has 5 nitrogen and oxygen atoms in total. The summed E-state index contributed by atoms with van der Waals surface area (Å²) in [7, 11) is 1.54. The minimum Gasteiger partial charge on any atom is -0.493 e. The van der Waals surface area contributed by atoms with E-state index in [0.29, 0.717) is 35.2 Å². The van der Waals surface area contributed by atoms with Crippen molar-refractivity contribution in [3.8, 4) is 11.5 Å². The molecule has 0 aliphatic rings. The zero-order valence-corrected chi connectivity index (χ0v) is 12.2. The first-order valence-electron chi connectivity index (χ1n) is 6.23. The fraction of sp³-hybridized carbons (Fsp3) is 0.357. The summed E-state index contributed by atoms with van der Waals surface area (Å²) in [6.07, 6.45) is 3.64. The largest absolute Gasteiger partial charge is 0.493 e. The topological polar surface area (TPSA) is 56.5 Å². The van der Waals surface area contributed by atoms with Gasteiger partial charge in [-0.25, -0.2) is 4.98 Å². The average molecular weight is 297 g/mol. The van der Waals surface area contributed by atoms with Crippen molar-refractivity contribution in [1.82, 2.24) is 9.55 Å². The first kappa shape index (κ1) is 14.7. The molecule has 0 saturated heterocycles. The summed E-state index contributed by atoms with van der Waals surface area (Å²) in [5.41, 5.74) is 0.685. The van der Waals surface area contributed by atoms with Gasteiger partial charge in [-0.05, 0) is 24.6 Å². The lowest BCUT2D eigenvalue weighted by molar-refractivity contribution is 0.272. The van der Waals surface area contributed by atoms with Crippen molar-refractivity contribution in [1.29, 1.82) is 0 Å². The van der Waals surface area contributed by atoms with Gasteiger partial charge >= 0.3 is 0 Å². The van der Waals surface area contributed by atoms with Crippen LogP contribution < -0.4 is 9.47 Å². The highest BCUT2D eigenvalue weighted by Gasteiger charge is 2.12. The second kappa shape index (κ2) is 6.63. The lowest BCUT2D eigenvalue weighted by Gasteiger charge is -2.14. The SMILES string of the molecule is COc1cc(CO)cc(Cl)c1OCCn1ccnc1C. The normalized spacial score (nSPS) is 10.6. The maximum absolute atomic E-state index is 9.14. The summed E-state index contributed by atoms with van der Waals surface area (Å²) < 4.78 is 12.9. The van der Waals surface area contributed by atoms with Crippen LogP contribution in [0.15, 0.2) is 24.5 Å². The molecule has 2 rings (SSSR count). The second-order valence-corrected chi connectivity index (χ2v) is 4.69. The Morgan fingerprint density at radius 3 is 2.80 bits per heavy atom. The van der Waals surface area contributed by atoms with Gasteiger partial charge in [0.15, 0.2) is 11.5 Å². The number of hydrogen-bond acceptors (Lipinski definition) is 4. The molecule has 0 unspecified atom stereocenters. The molecule has 0 aliphatic heterocycles. The molecule has 1 N–H and O–H groups in total. The molecule has 108 valence electrons. The van der Waals surface area contributed by atoms with Crippen molar-refractivity contribution >= 4 is 11.6 Å². The van der Waals surface area contributed by atoms with E-state index in [4.69, 9.17) is 26.2 Å². The molecule has 0 fully saturated rings. The number of halogens is 1. The minimum absolute atomic E-state index is 0.0927. The number of nitrogens with zero attached hydrogens (tertiary/aromatic N) is 2. The molecule has 1 heterocycles. The molecule has 0 amide bonds. The van der Waals surface area contributed by atoms with Crippen LogP contribution in [-0.2, 0) is 13.2 Å². The zero-order chi connectivity index (χ0) is 14.5. The highest BCUT2D eigenvalue weighted by atomic mass is 35.5. The second-order valence-electron chi connectivity index (χ2n) is 4.28. The summed E-state index contributed by atoms with van der Waals surface area (Å²) in [6.45, 7) is 2.97. The van der Waals surface area contributed by atoms with Crippen LogP contribution in [0, 0.1) is 6.92 Å². The number of hydrogen-bond donors (Lipinski definition) is 1. The van der Waals surface area contributed by atoms with E-state index < -0.39 is 0 Å². The molecular weight excluding hydrogens is 280 g/mol. The Morgan fingerprint density at radius 2 is 2.20 bits per heavy atom. The smallest absolute Gasteiger partial charge is 0.179 e. The number of aryl methyl sites for hydroxylation is 1. The van der Waals surface area contributed by atoms with Gasteiger partial charge in [0.1, 0.15) is 12.4 Å². The van der Waals surface area contributed by atoms with Crippen molar-refractivity contribution in [3.05, 3.63) is 40.9 Å². The van der Waals surface area contributed by atoms with Gasteiger partial charge in [-0.1, -0.05) is 11.6 Å². The van der Waals surface area contributed by atoms with Crippen LogP contribution in [0.5, 0.6) is 11.5 Å². The molecule has 1 aromatic carbocycles. The average Bonchev–Trinajstić information content (AvgIpc) is 2.85. The van der Waals surface area contributed by atoms with Gasteiger partial charge in [0.25, 0.3) is 0 Å². The van der Waals surface area contributed by atoms with E-state index in [-0.39, 0.29) is 6.61 Å². The van der Waals surface area contributed by atoms with Crippen LogP contribution in [0.1, 0.15) is 11.4 Å². The van der Waals surface area contributed by atoms with Crippen LogP contribution in [-0.4, -0.2) is 28.4 Å². The van der Waals surface area contributed by atoms with Crippen LogP contribution >= 0.6 is 11.6 Å². The summed E-state index contributed by atoms with van der Waals surface area (Å²) >= 11 is 6.15. The van der Waals surface area contributed by atoms with Gasteiger partial charge in [-0.2, -0.15) is 0 Å². The molecule has 0 aliphatic carbocycles. The lowest BCUT2D eigenvalue weighted by atomic mass is 10.2. The molecule has 2 aromatic rings. The predicted molar refractivity (Wildman–Crippen MR) is 76.4 cm³/mol. The van der Waals surface area contributed by atoms with E-state index >= 15 is 0 Å². The molecule has 1 aromatic heterocycles. The Labute approximate surface area is 122 Å². The number of methoxy groups -OCH3 is 1. The van der Waals surface area contributed by atoms with Gasteiger partial charge in [0, 0.05) is 12.4 Å². The fourth-order valence-electron chi connectivity index (χ4n) is 1.89. The van der Waals surface area contributed by atoms with E-state index in [1.54, 1.807) is 25.4 Å². The predicted octanol–water partition coefficient (Wildman–Crippen LogP) is 2.42. The Hall–Kier alpha value is -1.72.